The van der Waals surface area contributed by atoms with Crippen LogP contribution in [-0.2, 0) is 24.2 Å². The number of amides is 2. The van der Waals surface area contributed by atoms with Crippen molar-refractivity contribution in [3.8, 4) is 6.07 Å². The first-order valence-corrected chi connectivity index (χ1v) is 11.0. The summed E-state index contributed by atoms with van der Waals surface area (Å²) in [6.45, 7) is 1.05. The van der Waals surface area contributed by atoms with Gasteiger partial charge in [-0.1, -0.05) is 0 Å². The number of rotatable bonds is 5. The van der Waals surface area contributed by atoms with Crippen LogP contribution in [0.3, 0.4) is 0 Å². The number of hydrogen-bond donors (Lipinski definition) is 1. The van der Waals surface area contributed by atoms with Gasteiger partial charge in [-0.05, 0) is 25.0 Å². The van der Waals surface area contributed by atoms with Gasteiger partial charge in [0.15, 0.2) is 9.84 Å². The second-order valence-corrected chi connectivity index (χ2v) is 9.44. The number of ether oxygens (including phenoxy) is 1. The largest absolute Gasteiger partial charge is 0.378 e. The topological polar surface area (TPSA) is 117 Å². The fourth-order valence-corrected chi connectivity index (χ4v) is 5.84. The summed E-state index contributed by atoms with van der Waals surface area (Å²) >= 11 is 0. The Bertz CT molecular complexity index is 973. The molecule has 1 aliphatic carbocycles. The monoisotopic (exact) mass is 441 g/mol. The molecule has 8 nitrogen and oxygen atoms in total. The van der Waals surface area contributed by atoms with Crippen LogP contribution in [0.25, 0.3) is 0 Å². The Balaban J connectivity index is 1.89. The molecule has 0 spiro atoms. The zero-order chi connectivity index (χ0) is 21.9. The molecule has 162 valence electrons. The molecule has 1 saturated carbocycles. The third-order valence-corrected chi connectivity index (χ3v) is 7.68. The molecule has 0 radical (unpaired) electrons. The number of nitrogens with zero attached hydrogens (tertiary/aromatic N) is 2. The molecule has 30 heavy (non-hydrogen) atoms. The summed E-state index contributed by atoms with van der Waals surface area (Å²) < 4.78 is 58.6. The van der Waals surface area contributed by atoms with E-state index in [1.807, 2.05) is 0 Å². The van der Waals surface area contributed by atoms with Crippen molar-refractivity contribution in [3.63, 3.8) is 0 Å². The molecule has 0 bridgehead atoms. The van der Waals surface area contributed by atoms with E-state index >= 15 is 0 Å². The van der Waals surface area contributed by atoms with Crippen LogP contribution in [0, 0.1) is 34.8 Å². The lowest BCUT2D eigenvalue weighted by Gasteiger charge is -2.30. The van der Waals surface area contributed by atoms with E-state index in [-0.39, 0.29) is 25.3 Å². The van der Waals surface area contributed by atoms with E-state index in [2.05, 4.69) is 5.32 Å². The van der Waals surface area contributed by atoms with Crippen molar-refractivity contribution in [1.29, 1.82) is 5.26 Å². The number of hydrogen-bond acceptors (Lipinski definition) is 6. The van der Waals surface area contributed by atoms with E-state index in [9.17, 15) is 26.8 Å². The molecule has 0 aromatic heterocycles. The van der Waals surface area contributed by atoms with Crippen LogP contribution in [0.1, 0.15) is 12.8 Å². The van der Waals surface area contributed by atoms with Crippen molar-refractivity contribution in [2.24, 2.45) is 11.8 Å². The number of nitrogens with one attached hydrogen (secondary N) is 1. The molecule has 1 aromatic rings. The normalized spacial score (nSPS) is 24.3. The third kappa shape index (κ3) is 4.44. The summed E-state index contributed by atoms with van der Waals surface area (Å²) in [4.78, 5) is 26.4. The minimum Gasteiger partial charge on any atom is -0.378 e. The van der Waals surface area contributed by atoms with Crippen LogP contribution in [0.5, 0.6) is 0 Å². The average molecular weight is 441 g/mol. The number of morpholine rings is 1. The summed E-state index contributed by atoms with van der Waals surface area (Å²) in [5, 5.41) is 9.89. The maximum absolute atomic E-state index is 14.1. The second kappa shape index (κ2) is 9.06. The van der Waals surface area contributed by atoms with Crippen molar-refractivity contribution in [2.75, 3.05) is 32.8 Å². The highest BCUT2D eigenvalue weighted by molar-refractivity contribution is 7.92. The molecule has 2 fully saturated rings. The van der Waals surface area contributed by atoms with Gasteiger partial charge in [-0.25, -0.2) is 17.2 Å². The number of sulfone groups is 1. The molecule has 1 aromatic carbocycles. The number of benzene rings is 1. The molecular weight excluding hydrogens is 420 g/mol. The van der Waals surface area contributed by atoms with E-state index in [0.717, 1.165) is 12.1 Å². The lowest BCUT2D eigenvalue weighted by Crippen LogP contribution is -2.46. The van der Waals surface area contributed by atoms with Crippen LogP contribution in [-0.4, -0.2) is 63.2 Å². The molecule has 1 heterocycles. The Morgan fingerprint density at radius 2 is 1.87 bits per heavy atom. The van der Waals surface area contributed by atoms with Crippen LogP contribution in [0.2, 0.25) is 0 Å². The van der Waals surface area contributed by atoms with Gasteiger partial charge in [0, 0.05) is 19.2 Å². The molecule has 3 rings (SSSR count). The first kappa shape index (κ1) is 22.1. The smallest absolute Gasteiger partial charge is 0.226 e. The minimum atomic E-state index is -4.25. The zero-order valence-electron chi connectivity index (χ0n) is 16.0. The summed E-state index contributed by atoms with van der Waals surface area (Å²) in [5.41, 5.74) is 0. The number of carbonyl (C=O) groups is 2. The number of nitriles is 1. The maximum atomic E-state index is 14.1. The highest BCUT2D eigenvalue weighted by atomic mass is 32.2. The standard InChI is InChI=1S/C19H21F2N3O5S/c20-12-1-2-17(16(21)9-12)30(27,28)13-10-14(18(25)23-4-3-22)15(11-13)19(26)24-5-7-29-8-6-24/h1-2,9,13-15H,4-8,10-11H2,(H,23,25)/t13-,14-,15?/m1/s1. The van der Waals surface area contributed by atoms with E-state index in [1.165, 1.54) is 4.90 Å². The van der Waals surface area contributed by atoms with Crippen molar-refractivity contribution in [1.82, 2.24) is 10.2 Å². The van der Waals surface area contributed by atoms with Crippen LogP contribution in [0.15, 0.2) is 23.1 Å². The molecule has 11 heteroatoms. The van der Waals surface area contributed by atoms with Gasteiger partial charge in [-0.3, -0.25) is 9.59 Å². The average Bonchev–Trinajstić information content (AvgIpc) is 3.18. The molecular formula is C19H21F2N3O5S. The van der Waals surface area contributed by atoms with E-state index in [0.29, 0.717) is 32.4 Å². The molecule has 1 saturated heterocycles. The first-order chi connectivity index (χ1) is 14.3. The van der Waals surface area contributed by atoms with Crippen molar-refractivity contribution >= 4 is 21.7 Å². The van der Waals surface area contributed by atoms with E-state index < -0.39 is 49.4 Å². The van der Waals surface area contributed by atoms with Gasteiger partial charge in [-0.2, -0.15) is 5.26 Å². The van der Waals surface area contributed by atoms with Gasteiger partial charge in [0.05, 0.1) is 36.4 Å². The molecule has 1 N–H and O–H groups in total. The Kier molecular flexibility index (Phi) is 6.67. The summed E-state index contributed by atoms with van der Waals surface area (Å²) in [6.07, 6.45) is -0.364. The number of carbonyl (C=O) groups excluding carboxylic acids is 2. The van der Waals surface area contributed by atoms with Gasteiger partial charge in [-0.15, -0.1) is 0 Å². The first-order valence-electron chi connectivity index (χ1n) is 9.46. The lowest BCUT2D eigenvalue weighted by atomic mass is 9.93. The maximum Gasteiger partial charge on any atom is 0.226 e. The highest BCUT2D eigenvalue weighted by Crippen LogP contribution is 2.40. The predicted molar refractivity (Wildman–Crippen MR) is 99.6 cm³/mol. The SMILES string of the molecule is N#CCNC(=O)[C@@H]1C[C@@H](S(=O)(=O)c2ccc(F)cc2F)CC1C(=O)N1CCOCC1. The molecule has 2 aliphatic rings. The van der Waals surface area contributed by atoms with E-state index in [4.69, 9.17) is 10.00 Å². The Labute approximate surface area is 172 Å². The van der Waals surface area contributed by atoms with Gasteiger partial charge in [0.2, 0.25) is 11.8 Å². The lowest BCUT2D eigenvalue weighted by molar-refractivity contribution is -0.144. The zero-order valence-corrected chi connectivity index (χ0v) is 16.8. The second-order valence-electron chi connectivity index (χ2n) is 7.24. The Hall–Kier alpha value is -2.58. The van der Waals surface area contributed by atoms with Gasteiger partial charge in [0.1, 0.15) is 23.1 Å². The summed E-state index contributed by atoms with van der Waals surface area (Å²) in [5.74, 6) is -4.99. The van der Waals surface area contributed by atoms with Crippen LogP contribution in [0.4, 0.5) is 8.78 Å². The molecule has 1 aliphatic heterocycles. The minimum absolute atomic E-state index is 0.167. The quantitative estimate of drug-likeness (QED) is 0.529. The fourth-order valence-electron chi connectivity index (χ4n) is 3.97. The molecule has 2 amide bonds. The highest BCUT2D eigenvalue weighted by Gasteiger charge is 2.49. The van der Waals surface area contributed by atoms with Crippen molar-refractivity contribution in [3.05, 3.63) is 29.8 Å². The Morgan fingerprint density at radius 1 is 1.20 bits per heavy atom. The summed E-state index contributed by atoms with van der Waals surface area (Å²) in [7, 11) is -4.25. The molecule has 3 atom stereocenters. The predicted octanol–water partition coefficient (Wildman–Crippen LogP) is 0.632. The van der Waals surface area contributed by atoms with Gasteiger partial charge in [0.25, 0.3) is 0 Å². The fraction of sp³-hybridized carbons (Fsp3) is 0.526. The van der Waals surface area contributed by atoms with Gasteiger partial charge >= 0.3 is 0 Å². The molecule has 1 unspecified atom stereocenters. The van der Waals surface area contributed by atoms with Crippen LogP contribution >= 0.6 is 0 Å². The van der Waals surface area contributed by atoms with Gasteiger partial charge < -0.3 is 15.0 Å². The van der Waals surface area contributed by atoms with Crippen molar-refractivity contribution < 1.29 is 31.5 Å². The third-order valence-electron chi connectivity index (χ3n) is 5.48. The van der Waals surface area contributed by atoms with Crippen LogP contribution < -0.4 is 5.32 Å². The number of halogens is 2. The Morgan fingerprint density at radius 3 is 2.50 bits per heavy atom. The van der Waals surface area contributed by atoms with E-state index in [1.54, 1.807) is 6.07 Å². The summed E-state index contributed by atoms with van der Waals surface area (Å²) in [6, 6.07) is 3.94. The van der Waals surface area contributed by atoms with Crippen molar-refractivity contribution in [2.45, 2.75) is 23.0 Å².